The average Bonchev–Trinajstić information content (AvgIpc) is 3.00. The van der Waals surface area contributed by atoms with Crippen LogP contribution in [0.4, 0.5) is 0 Å². The molecule has 2 aliphatic heterocycles. The van der Waals surface area contributed by atoms with Crippen molar-refractivity contribution in [2.75, 3.05) is 20.3 Å². The van der Waals surface area contributed by atoms with Crippen molar-refractivity contribution in [3.8, 4) is 0 Å². The molecule has 5 heteroatoms. The summed E-state index contributed by atoms with van der Waals surface area (Å²) in [4.78, 5) is 6.96. The zero-order chi connectivity index (χ0) is 16.4. The quantitative estimate of drug-likeness (QED) is 0.939. The van der Waals surface area contributed by atoms with Crippen molar-refractivity contribution in [1.29, 1.82) is 0 Å². The van der Waals surface area contributed by atoms with Gasteiger partial charge in [-0.2, -0.15) is 0 Å². The van der Waals surface area contributed by atoms with Gasteiger partial charge in [0.05, 0.1) is 25.0 Å². The van der Waals surface area contributed by atoms with Crippen molar-refractivity contribution in [2.24, 2.45) is 11.8 Å². The third-order valence-corrected chi connectivity index (χ3v) is 5.85. The van der Waals surface area contributed by atoms with E-state index in [1.54, 1.807) is 0 Å². The maximum absolute atomic E-state index is 10.1. The maximum atomic E-state index is 10.1. The molecule has 24 heavy (non-hydrogen) atoms. The highest BCUT2D eigenvalue weighted by Gasteiger charge is 2.51. The van der Waals surface area contributed by atoms with Crippen LogP contribution in [0.25, 0.3) is 11.3 Å². The van der Waals surface area contributed by atoms with E-state index in [0.717, 1.165) is 17.8 Å². The second-order valence-electron chi connectivity index (χ2n) is 7.53. The van der Waals surface area contributed by atoms with Crippen LogP contribution >= 0.6 is 0 Å². The van der Waals surface area contributed by atoms with Crippen LogP contribution < -0.4 is 0 Å². The molecule has 4 unspecified atom stereocenters. The minimum atomic E-state index is -0.319. The zero-order valence-corrected chi connectivity index (χ0v) is 14.1. The van der Waals surface area contributed by atoms with Gasteiger partial charge in [0.1, 0.15) is 5.65 Å². The number of fused-ring (bicyclic) bond motifs is 2. The number of pyridine rings is 1. The Morgan fingerprint density at radius 1 is 1.29 bits per heavy atom. The minimum Gasteiger partial charge on any atom is -0.390 e. The average molecular weight is 325 g/mol. The highest BCUT2D eigenvalue weighted by Crippen LogP contribution is 2.54. The van der Waals surface area contributed by atoms with Crippen LogP contribution in [0.1, 0.15) is 24.1 Å². The fourth-order valence-corrected chi connectivity index (χ4v) is 4.51. The summed E-state index contributed by atoms with van der Waals surface area (Å²) in [5.41, 5.74) is 6.13. The van der Waals surface area contributed by atoms with Gasteiger partial charge in [-0.3, -0.25) is 0 Å². The van der Waals surface area contributed by atoms with Gasteiger partial charge in [-0.05, 0) is 37.5 Å². The molecule has 3 aliphatic rings. The first-order chi connectivity index (χ1) is 11.6. The lowest BCUT2D eigenvalue weighted by molar-refractivity contribution is 0.118. The molecule has 126 valence electrons. The second kappa shape index (κ2) is 5.07. The third-order valence-electron chi connectivity index (χ3n) is 5.85. The molecule has 0 spiro atoms. The van der Waals surface area contributed by atoms with E-state index in [2.05, 4.69) is 45.9 Å². The van der Waals surface area contributed by atoms with E-state index in [-0.39, 0.29) is 12.0 Å². The Bertz CT molecular complexity index is 840. The predicted octanol–water partition coefficient (Wildman–Crippen LogP) is 2.09. The molecule has 5 nitrogen and oxygen atoms in total. The van der Waals surface area contributed by atoms with E-state index in [1.165, 1.54) is 23.3 Å². The summed E-state index contributed by atoms with van der Waals surface area (Å²) >= 11 is 0. The van der Waals surface area contributed by atoms with Crippen molar-refractivity contribution in [2.45, 2.75) is 31.9 Å². The number of ether oxygens (including phenoxy) is 1. The third kappa shape index (κ3) is 2.11. The van der Waals surface area contributed by atoms with Crippen LogP contribution in [0.2, 0.25) is 0 Å². The van der Waals surface area contributed by atoms with E-state index in [1.807, 2.05) is 6.92 Å². The molecule has 4 heterocycles. The standard InChI is InChI=1S/C19H23N3O2/c1-11-7-22-8-12(3-4-18(22)20-11)19-15(14-6-16(14)21(19)2)5-13-9-24-10-17(13)23/h3-4,7-8,13-14,16-17,23H,5-6,9-10H2,1-2H3. The molecule has 2 fully saturated rings. The fourth-order valence-electron chi connectivity index (χ4n) is 4.51. The van der Waals surface area contributed by atoms with E-state index in [4.69, 9.17) is 4.74 Å². The Balaban J connectivity index is 1.56. The number of imidazole rings is 1. The molecule has 5 rings (SSSR count). The number of hydrogen-bond donors (Lipinski definition) is 1. The van der Waals surface area contributed by atoms with Gasteiger partial charge in [-0.1, -0.05) is 0 Å². The van der Waals surface area contributed by atoms with Crippen LogP contribution in [0.5, 0.6) is 0 Å². The molecule has 0 amide bonds. The van der Waals surface area contributed by atoms with Crippen LogP contribution in [0, 0.1) is 18.8 Å². The molecular formula is C19H23N3O2. The lowest BCUT2D eigenvalue weighted by Crippen LogP contribution is -2.19. The molecule has 1 saturated heterocycles. The van der Waals surface area contributed by atoms with Crippen molar-refractivity contribution >= 4 is 11.3 Å². The van der Waals surface area contributed by atoms with Crippen LogP contribution in [0.15, 0.2) is 30.1 Å². The number of aromatic nitrogens is 2. The van der Waals surface area contributed by atoms with Crippen LogP contribution in [-0.4, -0.2) is 51.8 Å². The molecule has 2 aromatic rings. The van der Waals surface area contributed by atoms with Gasteiger partial charge in [0.15, 0.2) is 0 Å². The largest absolute Gasteiger partial charge is 0.390 e. The lowest BCUT2D eigenvalue weighted by Gasteiger charge is -2.22. The first-order valence-corrected chi connectivity index (χ1v) is 8.79. The summed E-state index contributed by atoms with van der Waals surface area (Å²) in [6.45, 7) is 3.19. The topological polar surface area (TPSA) is 50.0 Å². The zero-order valence-electron chi connectivity index (χ0n) is 14.1. The number of aliphatic hydroxyl groups is 1. The summed E-state index contributed by atoms with van der Waals surface area (Å²) in [6, 6.07) is 4.92. The van der Waals surface area contributed by atoms with Crippen molar-refractivity contribution in [3.05, 3.63) is 41.4 Å². The summed E-state index contributed by atoms with van der Waals surface area (Å²) in [6.07, 6.45) is 6.14. The van der Waals surface area contributed by atoms with Crippen LogP contribution in [-0.2, 0) is 4.74 Å². The van der Waals surface area contributed by atoms with Gasteiger partial charge >= 0.3 is 0 Å². The molecule has 4 atom stereocenters. The summed E-state index contributed by atoms with van der Waals surface area (Å²) in [5, 5.41) is 10.1. The first kappa shape index (κ1) is 14.5. The van der Waals surface area contributed by atoms with Crippen molar-refractivity contribution in [3.63, 3.8) is 0 Å². The Morgan fingerprint density at radius 3 is 2.96 bits per heavy atom. The predicted molar refractivity (Wildman–Crippen MR) is 91.4 cm³/mol. The lowest BCUT2D eigenvalue weighted by atomic mass is 9.92. The number of nitrogens with zero attached hydrogens (tertiary/aromatic N) is 3. The SMILES string of the molecule is Cc1cn2cc(C3=C(CC4COCC4O)C4CC4N3C)ccc2n1. The van der Waals surface area contributed by atoms with Gasteiger partial charge in [0.25, 0.3) is 0 Å². The first-order valence-electron chi connectivity index (χ1n) is 8.79. The molecule has 1 N–H and O–H groups in total. The fraction of sp³-hybridized carbons (Fsp3) is 0.526. The molecule has 0 radical (unpaired) electrons. The summed E-state index contributed by atoms with van der Waals surface area (Å²) in [5.74, 6) is 0.903. The Hall–Kier alpha value is -1.85. The minimum absolute atomic E-state index is 0.238. The highest BCUT2D eigenvalue weighted by molar-refractivity contribution is 5.73. The van der Waals surface area contributed by atoms with Crippen molar-refractivity contribution in [1.82, 2.24) is 14.3 Å². The monoisotopic (exact) mass is 325 g/mol. The molecule has 0 bridgehead atoms. The smallest absolute Gasteiger partial charge is 0.136 e. The van der Waals surface area contributed by atoms with Crippen molar-refractivity contribution < 1.29 is 9.84 Å². The van der Waals surface area contributed by atoms with E-state index < -0.39 is 0 Å². The molecule has 1 aliphatic carbocycles. The second-order valence-corrected chi connectivity index (χ2v) is 7.53. The Labute approximate surface area is 141 Å². The molecule has 2 aromatic heterocycles. The highest BCUT2D eigenvalue weighted by atomic mass is 16.5. The summed E-state index contributed by atoms with van der Waals surface area (Å²) < 4.78 is 7.57. The van der Waals surface area contributed by atoms with Gasteiger partial charge in [0.2, 0.25) is 0 Å². The number of rotatable bonds is 3. The van der Waals surface area contributed by atoms with E-state index >= 15 is 0 Å². The van der Waals surface area contributed by atoms with Gasteiger partial charge in [0, 0.05) is 48.6 Å². The molecule has 0 aromatic carbocycles. The van der Waals surface area contributed by atoms with E-state index in [9.17, 15) is 5.11 Å². The normalized spacial score (nSPS) is 32.0. The number of aryl methyl sites for hydroxylation is 1. The molecule has 1 saturated carbocycles. The Morgan fingerprint density at radius 2 is 2.17 bits per heavy atom. The van der Waals surface area contributed by atoms with Gasteiger partial charge < -0.3 is 19.1 Å². The van der Waals surface area contributed by atoms with Crippen LogP contribution in [0.3, 0.4) is 0 Å². The van der Waals surface area contributed by atoms with Gasteiger partial charge in [-0.15, -0.1) is 0 Å². The van der Waals surface area contributed by atoms with Gasteiger partial charge in [-0.25, -0.2) is 4.98 Å². The number of aliphatic hydroxyl groups excluding tert-OH is 1. The van der Waals surface area contributed by atoms with E-state index in [0.29, 0.717) is 25.2 Å². The summed E-state index contributed by atoms with van der Waals surface area (Å²) in [7, 11) is 2.21. The number of hydrogen-bond acceptors (Lipinski definition) is 4. The maximum Gasteiger partial charge on any atom is 0.136 e. The Kier molecular flexibility index (Phi) is 3.06. The molecular weight excluding hydrogens is 302 g/mol.